The SMILES string of the molecule is CNC(=O)c1ccc(NCC(O)C(C)C)c(N)c1. The van der Waals surface area contributed by atoms with Gasteiger partial charge >= 0.3 is 0 Å². The molecule has 1 amide bonds. The number of carbonyl (C=O) groups excluding carboxylic acids is 1. The lowest BCUT2D eigenvalue weighted by molar-refractivity contribution is 0.0963. The summed E-state index contributed by atoms with van der Waals surface area (Å²) in [5, 5.41) is 15.3. The molecule has 5 N–H and O–H groups in total. The second kappa shape index (κ2) is 6.26. The Hall–Kier alpha value is -1.75. The number of aliphatic hydroxyl groups excluding tert-OH is 1. The van der Waals surface area contributed by atoms with E-state index in [-0.39, 0.29) is 11.8 Å². The van der Waals surface area contributed by atoms with Crippen LogP contribution in [-0.4, -0.2) is 30.7 Å². The summed E-state index contributed by atoms with van der Waals surface area (Å²) in [6, 6.07) is 5.05. The van der Waals surface area contributed by atoms with Gasteiger partial charge in [-0.05, 0) is 24.1 Å². The molecule has 5 heteroatoms. The molecule has 1 aromatic rings. The Labute approximate surface area is 107 Å². The van der Waals surface area contributed by atoms with E-state index in [4.69, 9.17) is 5.73 Å². The van der Waals surface area contributed by atoms with Crippen molar-refractivity contribution < 1.29 is 9.90 Å². The summed E-state index contributed by atoms with van der Waals surface area (Å²) in [6.45, 7) is 4.33. The average molecular weight is 251 g/mol. The van der Waals surface area contributed by atoms with Gasteiger partial charge in [-0.3, -0.25) is 4.79 Å². The maximum atomic E-state index is 11.4. The summed E-state index contributed by atoms with van der Waals surface area (Å²) in [5.41, 5.74) is 7.59. The van der Waals surface area contributed by atoms with E-state index in [9.17, 15) is 9.90 Å². The molecule has 0 saturated carbocycles. The van der Waals surface area contributed by atoms with Gasteiger partial charge in [-0.15, -0.1) is 0 Å². The van der Waals surface area contributed by atoms with Crippen LogP contribution in [0.25, 0.3) is 0 Å². The zero-order valence-corrected chi connectivity index (χ0v) is 11.0. The third-order valence-electron chi connectivity index (χ3n) is 2.81. The lowest BCUT2D eigenvalue weighted by atomic mass is 10.1. The van der Waals surface area contributed by atoms with Gasteiger partial charge < -0.3 is 21.5 Å². The third-order valence-corrected chi connectivity index (χ3v) is 2.81. The van der Waals surface area contributed by atoms with Crippen molar-refractivity contribution in [1.29, 1.82) is 0 Å². The van der Waals surface area contributed by atoms with Crippen LogP contribution >= 0.6 is 0 Å². The monoisotopic (exact) mass is 251 g/mol. The standard InChI is InChI=1S/C13H21N3O2/c1-8(2)12(17)7-16-11-5-4-9(6-10(11)14)13(18)15-3/h4-6,8,12,16-17H,7,14H2,1-3H3,(H,15,18). The number of anilines is 2. The van der Waals surface area contributed by atoms with Crippen molar-refractivity contribution in [3.63, 3.8) is 0 Å². The Balaban J connectivity index is 2.71. The third kappa shape index (κ3) is 3.63. The Kier molecular flexibility index (Phi) is 4.97. The van der Waals surface area contributed by atoms with Crippen LogP contribution in [0.4, 0.5) is 11.4 Å². The maximum absolute atomic E-state index is 11.4. The van der Waals surface area contributed by atoms with Crippen LogP contribution in [0.15, 0.2) is 18.2 Å². The van der Waals surface area contributed by atoms with E-state index in [1.807, 2.05) is 13.8 Å². The molecule has 1 atom stereocenters. The predicted molar refractivity (Wildman–Crippen MR) is 73.6 cm³/mol. The molecule has 0 bridgehead atoms. The van der Waals surface area contributed by atoms with Crippen molar-refractivity contribution in [3.05, 3.63) is 23.8 Å². The van der Waals surface area contributed by atoms with E-state index in [0.717, 1.165) is 5.69 Å². The fourth-order valence-electron chi connectivity index (χ4n) is 1.46. The molecular weight excluding hydrogens is 230 g/mol. The van der Waals surface area contributed by atoms with Gasteiger partial charge in [0.25, 0.3) is 5.91 Å². The minimum Gasteiger partial charge on any atom is -0.397 e. The number of carbonyl (C=O) groups is 1. The molecule has 0 radical (unpaired) electrons. The van der Waals surface area contributed by atoms with Gasteiger partial charge in [0.2, 0.25) is 0 Å². The van der Waals surface area contributed by atoms with Crippen molar-refractivity contribution >= 4 is 17.3 Å². The van der Waals surface area contributed by atoms with E-state index in [1.165, 1.54) is 0 Å². The smallest absolute Gasteiger partial charge is 0.251 e. The van der Waals surface area contributed by atoms with Crippen LogP contribution in [0, 0.1) is 5.92 Å². The maximum Gasteiger partial charge on any atom is 0.251 e. The lowest BCUT2D eigenvalue weighted by Gasteiger charge is -2.17. The summed E-state index contributed by atoms with van der Waals surface area (Å²) in [6.07, 6.45) is -0.428. The van der Waals surface area contributed by atoms with E-state index in [1.54, 1.807) is 25.2 Å². The quantitative estimate of drug-likeness (QED) is 0.589. The molecule has 0 aliphatic carbocycles. The second-order valence-electron chi connectivity index (χ2n) is 4.57. The van der Waals surface area contributed by atoms with Gasteiger partial charge in [-0.25, -0.2) is 0 Å². The Bertz CT molecular complexity index is 419. The van der Waals surface area contributed by atoms with E-state index in [0.29, 0.717) is 17.8 Å². The van der Waals surface area contributed by atoms with Crippen molar-refractivity contribution in [2.45, 2.75) is 20.0 Å². The molecule has 0 aliphatic rings. The molecule has 0 aliphatic heterocycles. The average Bonchev–Trinajstić information content (AvgIpc) is 2.35. The zero-order valence-electron chi connectivity index (χ0n) is 11.0. The Morgan fingerprint density at radius 3 is 2.61 bits per heavy atom. The number of nitrogens with two attached hydrogens (primary N) is 1. The fourth-order valence-corrected chi connectivity index (χ4v) is 1.46. The van der Waals surface area contributed by atoms with E-state index >= 15 is 0 Å². The van der Waals surface area contributed by atoms with Crippen molar-refractivity contribution in [2.75, 3.05) is 24.6 Å². The molecule has 100 valence electrons. The first-order valence-electron chi connectivity index (χ1n) is 5.99. The molecule has 0 heterocycles. The summed E-state index contributed by atoms with van der Waals surface area (Å²) in [5.74, 6) is 0.0133. The number of hydrogen-bond acceptors (Lipinski definition) is 4. The van der Waals surface area contributed by atoms with Crippen molar-refractivity contribution in [2.24, 2.45) is 5.92 Å². The number of nitrogens with one attached hydrogen (secondary N) is 2. The van der Waals surface area contributed by atoms with Crippen LogP contribution in [0.5, 0.6) is 0 Å². The Morgan fingerprint density at radius 1 is 1.44 bits per heavy atom. The minimum atomic E-state index is -0.428. The van der Waals surface area contributed by atoms with Crippen LogP contribution in [0.1, 0.15) is 24.2 Å². The molecule has 0 saturated heterocycles. The minimum absolute atomic E-state index is 0.171. The summed E-state index contributed by atoms with van der Waals surface area (Å²) in [7, 11) is 1.57. The van der Waals surface area contributed by atoms with Gasteiger partial charge in [0, 0.05) is 19.2 Å². The highest BCUT2D eigenvalue weighted by atomic mass is 16.3. The first kappa shape index (κ1) is 14.3. The highest BCUT2D eigenvalue weighted by Crippen LogP contribution is 2.20. The molecule has 18 heavy (non-hydrogen) atoms. The molecule has 0 aromatic heterocycles. The molecule has 1 unspecified atom stereocenters. The summed E-state index contributed by atoms with van der Waals surface area (Å²) in [4.78, 5) is 11.4. The highest BCUT2D eigenvalue weighted by molar-refractivity contribution is 5.95. The van der Waals surface area contributed by atoms with Crippen LogP contribution in [0.2, 0.25) is 0 Å². The van der Waals surface area contributed by atoms with Gasteiger partial charge in [0.15, 0.2) is 0 Å². The number of benzene rings is 1. The van der Waals surface area contributed by atoms with Gasteiger partial charge in [-0.2, -0.15) is 0 Å². The first-order valence-corrected chi connectivity index (χ1v) is 5.99. The highest BCUT2D eigenvalue weighted by Gasteiger charge is 2.10. The van der Waals surface area contributed by atoms with Gasteiger partial charge in [0.1, 0.15) is 0 Å². The molecule has 1 aromatic carbocycles. The number of nitrogen functional groups attached to an aromatic ring is 1. The van der Waals surface area contributed by atoms with E-state index in [2.05, 4.69) is 10.6 Å². The number of hydrogen-bond donors (Lipinski definition) is 4. The van der Waals surface area contributed by atoms with Gasteiger partial charge in [0.05, 0.1) is 17.5 Å². The number of rotatable bonds is 5. The largest absolute Gasteiger partial charge is 0.397 e. The summed E-state index contributed by atoms with van der Waals surface area (Å²) < 4.78 is 0. The normalized spacial score (nSPS) is 12.3. The fraction of sp³-hybridized carbons (Fsp3) is 0.462. The van der Waals surface area contributed by atoms with Crippen LogP contribution < -0.4 is 16.4 Å². The number of amides is 1. The van der Waals surface area contributed by atoms with Crippen molar-refractivity contribution in [1.82, 2.24) is 5.32 Å². The predicted octanol–water partition coefficient (Wildman–Crippen LogP) is 1.06. The second-order valence-corrected chi connectivity index (χ2v) is 4.57. The topological polar surface area (TPSA) is 87.4 Å². The first-order chi connectivity index (χ1) is 8.45. The molecule has 5 nitrogen and oxygen atoms in total. The zero-order chi connectivity index (χ0) is 13.7. The molecule has 0 fully saturated rings. The van der Waals surface area contributed by atoms with Gasteiger partial charge in [-0.1, -0.05) is 13.8 Å². The lowest BCUT2D eigenvalue weighted by Crippen LogP contribution is -2.25. The van der Waals surface area contributed by atoms with E-state index < -0.39 is 6.10 Å². The molecule has 0 spiro atoms. The Morgan fingerprint density at radius 2 is 2.11 bits per heavy atom. The summed E-state index contributed by atoms with van der Waals surface area (Å²) >= 11 is 0. The van der Waals surface area contributed by atoms with Crippen molar-refractivity contribution in [3.8, 4) is 0 Å². The molecular formula is C13H21N3O2. The number of aliphatic hydroxyl groups is 1. The van der Waals surface area contributed by atoms with Crippen LogP contribution in [0.3, 0.4) is 0 Å². The van der Waals surface area contributed by atoms with Crippen LogP contribution in [-0.2, 0) is 0 Å². The molecule has 1 rings (SSSR count).